The molecule has 0 amide bonds. The maximum atomic E-state index is 10.2. The standard InChI is InChI=1S/C6H9NO4/c1-3(2)7-4(5(8)9)6(10)11/h4H,1-2H3,(H,8,9)(H,10,11). The van der Waals surface area contributed by atoms with Gasteiger partial charge in [-0.15, -0.1) is 0 Å². The second-order valence-electron chi connectivity index (χ2n) is 2.16. The lowest BCUT2D eigenvalue weighted by atomic mass is 10.3. The Kier molecular flexibility index (Phi) is 3.23. The van der Waals surface area contributed by atoms with E-state index in [0.717, 1.165) is 0 Å². The highest BCUT2D eigenvalue weighted by Crippen LogP contribution is 1.92. The highest BCUT2D eigenvalue weighted by Gasteiger charge is 2.23. The Hall–Kier alpha value is -1.39. The third-order valence-corrected chi connectivity index (χ3v) is 0.855. The van der Waals surface area contributed by atoms with Gasteiger partial charge in [-0.2, -0.15) is 0 Å². The molecule has 0 rings (SSSR count). The van der Waals surface area contributed by atoms with E-state index in [9.17, 15) is 9.59 Å². The van der Waals surface area contributed by atoms with Crippen LogP contribution in [0, 0.1) is 0 Å². The highest BCUT2D eigenvalue weighted by molar-refractivity contribution is 5.99. The van der Waals surface area contributed by atoms with E-state index in [-0.39, 0.29) is 0 Å². The van der Waals surface area contributed by atoms with Gasteiger partial charge in [0.25, 0.3) is 0 Å². The summed E-state index contributed by atoms with van der Waals surface area (Å²) in [5.74, 6) is -2.89. The minimum atomic E-state index is -1.67. The molecule has 0 saturated carbocycles. The molecule has 2 N–H and O–H groups in total. The SMILES string of the molecule is CC(C)=NC(C(=O)O)C(=O)O. The molecule has 0 bridgehead atoms. The van der Waals surface area contributed by atoms with Crippen molar-refractivity contribution in [2.45, 2.75) is 19.9 Å². The van der Waals surface area contributed by atoms with Crippen molar-refractivity contribution in [2.75, 3.05) is 0 Å². The lowest BCUT2D eigenvalue weighted by molar-refractivity contribution is -0.149. The summed E-state index contributed by atoms with van der Waals surface area (Å²) in [7, 11) is 0. The summed E-state index contributed by atoms with van der Waals surface area (Å²) in [6.45, 7) is 3.08. The summed E-state index contributed by atoms with van der Waals surface area (Å²) in [6.07, 6.45) is 0. The molecule has 0 atom stereocenters. The van der Waals surface area contributed by atoms with Crippen molar-refractivity contribution in [2.24, 2.45) is 4.99 Å². The molecule has 0 radical (unpaired) electrons. The first-order valence-electron chi connectivity index (χ1n) is 2.91. The van der Waals surface area contributed by atoms with Gasteiger partial charge in [-0.1, -0.05) is 0 Å². The van der Waals surface area contributed by atoms with E-state index in [1.807, 2.05) is 0 Å². The van der Waals surface area contributed by atoms with Crippen molar-refractivity contribution < 1.29 is 19.8 Å². The third kappa shape index (κ3) is 3.34. The Morgan fingerprint density at radius 2 is 1.55 bits per heavy atom. The van der Waals surface area contributed by atoms with E-state index in [0.29, 0.717) is 5.71 Å². The number of carboxylic acid groups (broad SMARTS) is 2. The molecular weight excluding hydrogens is 150 g/mol. The fourth-order valence-electron chi connectivity index (χ4n) is 0.474. The fraction of sp³-hybridized carbons (Fsp3) is 0.500. The second-order valence-corrected chi connectivity index (χ2v) is 2.16. The minimum Gasteiger partial charge on any atom is -0.479 e. The number of nitrogens with zero attached hydrogens (tertiary/aromatic N) is 1. The average molecular weight is 159 g/mol. The van der Waals surface area contributed by atoms with Crippen LogP contribution in [-0.2, 0) is 9.59 Å². The Labute approximate surface area is 63.4 Å². The molecular formula is C6H9NO4. The van der Waals surface area contributed by atoms with Gasteiger partial charge < -0.3 is 10.2 Å². The first-order valence-corrected chi connectivity index (χ1v) is 2.91. The summed E-state index contributed by atoms with van der Waals surface area (Å²) in [6, 6.07) is -1.67. The Bertz CT molecular complexity index is 191. The van der Waals surface area contributed by atoms with Crippen molar-refractivity contribution in [1.29, 1.82) is 0 Å². The number of carboxylic acids is 2. The van der Waals surface area contributed by atoms with Crippen LogP contribution < -0.4 is 0 Å². The van der Waals surface area contributed by atoms with Gasteiger partial charge in [0.1, 0.15) is 0 Å². The molecule has 0 heterocycles. The van der Waals surface area contributed by atoms with E-state index in [2.05, 4.69) is 4.99 Å². The zero-order valence-corrected chi connectivity index (χ0v) is 6.24. The predicted octanol–water partition coefficient (Wildman–Crippen LogP) is 0.00500. The molecule has 5 heteroatoms. The summed E-state index contributed by atoms with van der Waals surface area (Å²) in [4.78, 5) is 23.8. The second kappa shape index (κ2) is 3.70. The number of hydrogen-bond acceptors (Lipinski definition) is 3. The van der Waals surface area contributed by atoms with Gasteiger partial charge in [0.15, 0.2) is 0 Å². The van der Waals surface area contributed by atoms with Gasteiger partial charge in [-0.3, -0.25) is 4.99 Å². The van der Waals surface area contributed by atoms with Crippen LogP contribution >= 0.6 is 0 Å². The topological polar surface area (TPSA) is 87.0 Å². The van der Waals surface area contributed by atoms with Crippen LogP contribution in [0.4, 0.5) is 0 Å². The Morgan fingerprint density at radius 1 is 1.18 bits per heavy atom. The first-order chi connectivity index (χ1) is 4.95. The van der Waals surface area contributed by atoms with Crippen molar-refractivity contribution in [3.8, 4) is 0 Å². The van der Waals surface area contributed by atoms with Gasteiger partial charge >= 0.3 is 11.9 Å². The van der Waals surface area contributed by atoms with Gasteiger partial charge in [0.2, 0.25) is 6.04 Å². The number of rotatable bonds is 3. The van der Waals surface area contributed by atoms with Crippen LogP contribution in [0.2, 0.25) is 0 Å². The lowest BCUT2D eigenvalue weighted by Crippen LogP contribution is -2.28. The number of aliphatic carboxylic acids is 2. The molecule has 0 aliphatic heterocycles. The third-order valence-electron chi connectivity index (χ3n) is 0.855. The lowest BCUT2D eigenvalue weighted by Gasteiger charge is -2.00. The van der Waals surface area contributed by atoms with Crippen LogP contribution in [0.1, 0.15) is 13.8 Å². The van der Waals surface area contributed by atoms with Crippen LogP contribution in [0.25, 0.3) is 0 Å². The Balaban J connectivity index is 4.49. The average Bonchev–Trinajstić information content (AvgIpc) is 1.81. The van der Waals surface area contributed by atoms with E-state index in [4.69, 9.17) is 10.2 Å². The molecule has 62 valence electrons. The minimum absolute atomic E-state index is 0.430. The maximum Gasteiger partial charge on any atom is 0.340 e. The first kappa shape index (κ1) is 9.61. The number of carbonyl (C=O) groups is 2. The molecule has 0 aromatic carbocycles. The van der Waals surface area contributed by atoms with Crippen molar-refractivity contribution >= 4 is 17.7 Å². The van der Waals surface area contributed by atoms with Gasteiger partial charge in [0.05, 0.1) is 0 Å². The highest BCUT2D eigenvalue weighted by atomic mass is 16.4. The summed E-state index contributed by atoms with van der Waals surface area (Å²) in [5, 5.41) is 16.6. The summed E-state index contributed by atoms with van der Waals surface area (Å²) < 4.78 is 0. The Morgan fingerprint density at radius 3 is 1.64 bits per heavy atom. The summed E-state index contributed by atoms with van der Waals surface area (Å²) in [5.41, 5.74) is 0.430. The molecule has 0 fully saturated rings. The summed E-state index contributed by atoms with van der Waals surface area (Å²) >= 11 is 0. The maximum absolute atomic E-state index is 10.2. The monoisotopic (exact) mass is 159 g/mol. The molecule has 0 aromatic heterocycles. The van der Waals surface area contributed by atoms with Gasteiger partial charge in [-0.05, 0) is 13.8 Å². The van der Waals surface area contributed by atoms with E-state index in [1.165, 1.54) is 0 Å². The number of aliphatic imine (C=N–C) groups is 1. The molecule has 0 aliphatic carbocycles. The van der Waals surface area contributed by atoms with Gasteiger partial charge in [0, 0.05) is 5.71 Å². The van der Waals surface area contributed by atoms with E-state index in [1.54, 1.807) is 13.8 Å². The van der Waals surface area contributed by atoms with E-state index >= 15 is 0 Å². The van der Waals surface area contributed by atoms with E-state index < -0.39 is 18.0 Å². The molecule has 5 nitrogen and oxygen atoms in total. The van der Waals surface area contributed by atoms with Crippen LogP contribution in [-0.4, -0.2) is 33.9 Å². The molecule has 0 aliphatic rings. The molecule has 0 spiro atoms. The van der Waals surface area contributed by atoms with Crippen molar-refractivity contribution in [3.63, 3.8) is 0 Å². The zero-order valence-electron chi connectivity index (χ0n) is 6.24. The van der Waals surface area contributed by atoms with Crippen molar-refractivity contribution in [3.05, 3.63) is 0 Å². The van der Waals surface area contributed by atoms with Gasteiger partial charge in [-0.25, -0.2) is 9.59 Å². The molecule has 0 aromatic rings. The molecule has 11 heavy (non-hydrogen) atoms. The van der Waals surface area contributed by atoms with Crippen LogP contribution in [0.5, 0.6) is 0 Å². The van der Waals surface area contributed by atoms with Crippen molar-refractivity contribution in [1.82, 2.24) is 0 Å². The molecule has 0 saturated heterocycles. The smallest absolute Gasteiger partial charge is 0.340 e. The largest absolute Gasteiger partial charge is 0.479 e. The quantitative estimate of drug-likeness (QED) is 0.448. The molecule has 0 unspecified atom stereocenters. The van der Waals surface area contributed by atoms with Crippen LogP contribution in [0.3, 0.4) is 0 Å². The van der Waals surface area contributed by atoms with Crippen LogP contribution in [0.15, 0.2) is 4.99 Å². The predicted molar refractivity (Wildman–Crippen MR) is 37.8 cm³/mol. The number of hydrogen-bond donors (Lipinski definition) is 2. The normalized spacial score (nSPS) is 9.36. The fourth-order valence-corrected chi connectivity index (χ4v) is 0.474. The zero-order chi connectivity index (χ0) is 9.02.